The molecule has 0 saturated carbocycles. The fraction of sp³-hybridized carbons (Fsp3) is 0.833. The Bertz CT molecular complexity index is 280. The largest absolute Gasteiger partial charge is 0.359 e. The van der Waals surface area contributed by atoms with Gasteiger partial charge in [0.05, 0.1) is 5.92 Å². The molecule has 1 heterocycles. The third kappa shape index (κ3) is 5.23. The molecule has 0 aromatic carbocycles. The summed E-state index contributed by atoms with van der Waals surface area (Å²) in [5.74, 6) is -0.0747. The van der Waals surface area contributed by atoms with Gasteiger partial charge in [0.15, 0.2) is 0 Å². The van der Waals surface area contributed by atoms with Gasteiger partial charge >= 0.3 is 0 Å². The Balaban J connectivity index is 0.00000289. The number of nitrogens with zero attached hydrogens (tertiary/aromatic N) is 1. The molecule has 0 spiro atoms. The predicted molar refractivity (Wildman–Crippen MR) is 73.8 cm³/mol. The van der Waals surface area contributed by atoms with Crippen molar-refractivity contribution in [2.45, 2.75) is 32.2 Å². The zero-order chi connectivity index (χ0) is 12.8. The molecule has 2 unspecified atom stereocenters. The second-order valence-electron chi connectivity index (χ2n) is 4.79. The summed E-state index contributed by atoms with van der Waals surface area (Å²) in [6.45, 7) is 3.32. The lowest BCUT2D eigenvalue weighted by atomic mass is 10.1. The van der Waals surface area contributed by atoms with Crippen LogP contribution in [0.5, 0.6) is 0 Å². The van der Waals surface area contributed by atoms with Crippen molar-refractivity contribution >= 4 is 24.2 Å². The Morgan fingerprint density at radius 3 is 2.67 bits per heavy atom. The summed E-state index contributed by atoms with van der Waals surface area (Å²) in [5.41, 5.74) is 0. The Morgan fingerprint density at radius 1 is 1.50 bits per heavy atom. The van der Waals surface area contributed by atoms with E-state index in [1.165, 1.54) is 0 Å². The van der Waals surface area contributed by atoms with Crippen molar-refractivity contribution in [3.63, 3.8) is 0 Å². The molecule has 0 radical (unpaired) electrons. The van der Waals surface area contributed by atoms with Crippen molar-refractivity contribution in [2.75, 3.05) is 27.2 Å². The molecule has 5 nitrogen and oxygen atoms in total. The summed E-state index contributed by atoms with van der Waals surface area (Å²) >= 11 is 0. The van der Waals surface area contributed by atoms with E-state index in [2.05, 4.69) is 10.6 Å². The molecule has 6 heteroatoms. The predicted octanol–water partition coefficient (Wildman–Crippen LogP) is 0.391. The molecule has 0 aromatic rings. The topological polar surface area (TPSA) is 61.4 Å². The van der Waals surface area contributed by atoms with Crippen molar-refractivity contribution in [3.05, 3.63) is 0 Å². The zero-order valence-electron chi connectivity index (χ0n) is 11.4. The molecule has 106 valence electrons. The van der Waals surface area contributed by atoms with Gasteiger partial charge in [-0.3, -0.25) is 9.59 Å². The maximum atomic E-state index is 11.9. The van der Waals surface area contributed by atoms with E-state index in [0.29, 0.717) is 19.0 Å². The van der Waals surface area contributed by atoms with Gasteiger partial charge in [0.25, 0.3) is 0 Å². The highest BCUT2D eigenvalue weighted by Gasteiger charge is 2.22. The molecule has 0 aliphatic carbocycles. The number of carbonyl (C=O) groups excluding carboxylic acids is 2. The van der Waals surface area contributed by atoms with Crippen LogP contribution in [0.25, 0.3) is 0 Å². The zero-order valence-corrected chi connectivity index (χ0v) is 12.2. The monoisotopic (exact) mass is 277 g/mol. The number of rotatable bonds is 5. The van der Waals surface area contributed by atoms with Gasteiger partial charge < -0.3 is 15.5 Å². The Hall–Kier alpha value is -0.810. The maximum Gasteiger partial charge on any atom is 0.224 e. The van der Waals surface area contributed by atoms with Gasteiger partial charge in [-0.1, -0.05) is 6.92 Å². The average molecular weight is 278 g/mol. The van der Waals surface area contributed by atoms with Crippen LogP contribution >= 0.6 is 12.4 Å². The Morgan fingerprint density at radius 2 is 2.17 bits per heavy atom. The Labute approximate surface area is 115 Å². The van der Waals surface area contributed by atoms with Gasteiger partial charge in [-0.2, -0.15) is 0 Å². The lowest BCUT2D eigenvalue weighted by molar-refractivity contribution is -0.132. The highest BCUT2D eigenvalue weighted by molar-refractivity contribution is 5.85. The lowest BCUT2D eigenvalue weighted by Gasteiger charge is -2.22. The summed E-state index contributed by atoms with van der Waals surface area (Å²) < 4.78 is 0. The molecule has 2 N–H and O–H groups in total. The van der Waals surface area contributed by atoms with E-state index < -0.39 is 0 Å². The molecular formula is C12H24ClN3O2. The molecule has 1 saturated heterocycles. The van der Waals surface area contributed by atoms with Crippen LogP contribution < -0.4 is 10.6 Å². The third-order valence-corrected chi connectivity index (χ3v) is 3.25. The minimum absolute atomic E-state index is 0. The number of hydrogen-bond donors (Lipinski definition) is 2. The second kappa shape index (κ2) is 8.32. The molecule has 1 fully saturated rings. The molecule has 1 aliphatic rings. The van der Waals surface area contributed by atoms with Crippen LogP contribution in [-0.4, -0.2) is 49.9 Å². The van der Waals surface area contributed by atoms with E-state index in [4.69, 9.17) is 0 Å². The average Bonchev–Trinajstić information content (AvgIpc) is 2.80. The van der Waals surface area contributed by atoms with Crippen molar-refractivity contribution in [2.24, 2.45) is 5.92 Å². The number of nitrogens with one attached hydrogen (secondary N) is 2. The molecular weight excluding hydrogens is 254 g/mol. The number of halogens is 1. The molecule has 1 rings (SSSR count). The van der Waals surface area contributed by atoms with Gasteiger partial charge in [-0.25, -0.2) is 0 Å². The van der Waals surface area contributed by atoms with E-state index in [-0.39, 0.29) is 30.1 Å². The normalized spacial score (nSPS) is 19.8. The van der Waals surface area contributed by atoms with Crippen molar-refractivity contribution in [1.29, 1.82) is 0 Å². The van der Waals surface area contributed by atoms with Gasteiger partial charge in [0, 0.05) is 33.1 Å². The van der Waals surface area contributed by atoms with Gasteiger partial charge in [0.1, 0.15) is 0 Å². The van der Waals surface area contributed by atoms with Crippen LogP contribution in [0.4, 0.5) is 0 Å². The highest BCUT2D eigenvalue weighted by Crippen LogP contribution is 2.10. The Kier molecular flexibility index (Phi) is 7.95. The van der Waals surface area contributed by atoms with E-state index >= 15 is 0 Å². The fourth-order valence-corrected chi connectivity index (χ4v) is 2.14. The third-order valence-electron chi connectivity index (χ3n) is 3.25. The smallest absolute Gasteiger partial charge is 0.224 e. The van der Waals surface area contributed by atoms with Gasteiger partial charge in [0.2, 0.25) is 11.8 Å². The lowest BCUT2D eigenvalue weighted by Crippen LogP contribution is -2.39. The van der Waals surface area contributed by atoms with E-state index in [1.807, 2.05) is 6.92 Å². The van der Waals surface area contributed by atoms with Crippen molar-refractivity contribution in [3.8, 4) is 0 Å². The van der Waals surface area contributed by atoms with Crippen LogP contribution in [-0.2, 0) is 9.59 Å². The van der Waals surface area contributed by atoms with E-state index in [1.54, 1.807) is 19.0 Å². The first-order valence-corrected chi connectivity index (χ1v) is 6.23. The first-order chi connectivity index (χ1) is 8.04. The molecule has 0 bridgehead atoms. The van der Waals surface area contributed by atoms with Crippen LogP contribution in [0.1, 0.15) is 26.2 Å². The molecule has 0 aromatic heterocycles. The SMILES string of the molecule is CNC(=O)C(C)CN(C)C(=O)CC1CCCN1.Cl. The first-order valence-electron chi connectivity index (χ1n) is 6.23. The van der Waals surface area contributed by atoms with Crippen molar-refractivity contribution < 1.29 is 9.59 Å². The summed E-state index contributed by atoms with van der Waals surface area (Å²) in [7, 11) is 3.37. The number of hydrogen-bond acceptors (Lipinski definition) is 3. The van der Waals surface area contributed by atoms with Gasteiger partial charge in [-0.15, -0.1) is 12.4 Å². The molecule has 2 amide bonds. The van der Waals surface area contributed by atoms with Crippen LogP contribution in [0, 0.1) is 5.92 Å². The summed E-state index contributed by atoms with van der Waals surface area (Å²) in [6.07, 6.45) is 2.76. The minimum Gasteiger partial charge on any atom is -0.359 e. The summed E-state index contributed by atoms with van der Waals surface area (Å²) in [6, 6.07) is 0.320. The van der Waals surface area contributed by atoms with Crippen LogP contribution in [0.2, 0.25) is 0 Å². The van der Waals surface area contributed by atoms with E-state index in [0.717, 1.165) is 19.4 Å². The highest BCUT2D eigenvalue weighted by atomic mass is 35.5. The van der Waals surface area contributed by atoms with Crippen LogP contribution in [0.15, 0.2) is 0 Å². The molecule has 18 heavy (non-hydrogen) atoms. The van der Waals surface area contributed by atoms with Crippen molar-refractivity contribution in [1.82, 2.24) is 15.5 Å². The van der Waals surface area contributed by atoms with E-state index in [9.17, 15) is 9.59 Å². The number of amides is 2. The molecule has 1 aliphatic heterocycles. The van der Waals surface area contributed by atoms with Gasteiger partial charge in [-0.05, 0) is 19.4 Å². The maximum absolute atomic E-state index is 11.9. The van der Waals surface area contributed by atoms with Crippen LogP contribution in [0.3, 0.4) is 0 Å². The fourth-order valence-electron chi connectivity index (χ4n) is 2.14. The second-order valence-corrected chi connectivity index (χ2v) is 4.79. The molecule has 2 atom stereocenters. The first kappa shape index (κ1) is 17.2. The minimum atomic E-state index is -0.162. The summed E-state index contributed by atoms with van der Waals surface area (Å²) in [5, 5.41) is 5.90. The quantitative estimate of drug-likeness (QED) is 0.764. The standard InChI is InChI=1S/C12H23N3O2.ClH/c1-9(12(17)13-2)8-15(3)11(16)7-10-5-4-6-14-10;/h9-10,14H,4-8H2,1-3H3,(H,13,17);1H. The number of carbonyl (C=O) groups is 2. The summed E-state index contributed by atoms with van der Waals surface area (Å²) in [4.78, 5) is 24.9.